The van der Waals surface area contributed by atoms with E-state index in [1.807, 2.05) is 0 Å². The minimum atomic E-state index is -1.43. The molecule has 1 rings (SSSR count). The van der Waals surface area contributed by atoms with Gasteiger partial charge in [0.05, 0.1) is 5.56 Å². The van der Waals surface area contributed by atoms with Gasteiger partial charge in [0.1, 0.15) is 11.4 Å². The number of benzene rings is 1. The zero-order valence-corrected chi connectivity index (χ0v) is 8.95. The highest BCUT2D eigenvalue weighted by Gasteiger charge is 2.29. The van der Waals surface area contributed by atoms with Gasteiger partial charge in [0.2, 0.25) is 0 Å². The summed E-state index contributed by atoms with van der Waals surface area (Å²) in [6, 6.07) is 5.39. The minimum absolute atomic E-state index is 0.170. The summed E-state index contributed by atoms with van der Waals surface area (Å²) in [6.07, 6.45) is 0. The Balaban J connectivity index is 2.89. The number of hydrogen-bond donors (Lipinski definition) is 2. The number of amides is 1. The van der Waals surface area contributed by atoms with Crippen molar-refractivity contribution in [3.05, 3.63) is 35.6 Å². The summed E-state index contributed by atoms with van der Waals surface area (Å²) in [4.78, 5) is 22.3. The van der Waals surface area contributed by atoms with Crippen molar-refractivity contribution in [2.45, 2.75) is 19.4 Å². The molecule has 1 aromatic rings. The first-order valence-corrected chi connectivity index (χ1v) is 4.65. The molecule has 0 heterocycles. The number of rotatable bonds is 3. The molecule has 0 radical (unpaired) electrons. The van der Waals surface area contributed by atoms with Gasteiger partial charge in [-0.3, -0.25) is 4.79 Å². The molecule has 0 unspecified atom stereocenters. The topological polar surface area (TPSA) is 66.4 Å². The van der Waals surface area contributed by atoms with Gasteiger partial charge in [-0.05, 0) is 26.0 Å². The molecule has 16 heavy (non-hydrogen) atoms. The van der Waals surface area contributed by atoms with Crippen LogP contribution in [0.1, 0.15) is 24.2 Å². The summed E-state index contributed by atoms with van der Waals surface area (Å²) < 4.78 is 13.2. The second-order valence-corrected chi connectivity index (χ2v) is 3.86. The van der Waals surface area contributed by atoms with Crippen molar-refractivity contribution in [2.24, 2.45) is 0 Å². The number of hydrogen-bond acceptors (Lipinski definition) is 2. The third-order valence-corrected chi connectivity index (χ3v) is 2.08. The molecule has 5 heteroatoms. The van der Waals surface area contributed by atoms with Crippen LogP contribution in [0.15, 0.2) is 24.3 Å². The standard InChI is InChI=1S/C11H12FNO3/c1-11(2,10(15)16)13-9(14)7-5-3-4-6-8(7)12/h3-6H,1-2H3,(H,13,14)(H,15,16). The lowest BCUT2D eigenvalue weighted by Gasteiger charge is -2.21. The van der Waals surface area contributed by atoms with Crippen LogP contribution >= 0.6 is 0 Å². The van der Waals surface area contributed by atoms with Gasteiger partial charge in [-0.15, -0.1) is 0 Å². The van der Waals surface area contributed by atoms with E-state index in [0.717, 1.165) is 6.07 Å². The number of carboxylic acid groups (broad SMARTS) is 1. The van der Waals surface area contributed by atoms with Crippen LogP contribution < -0.4 is 5.32 Å². The van der Waals surface area contributed by atoms with Crippen molar-refractivity contribution in [1.29, 1.82) is 0 Å². The maximum absolute atomic E-state index is 13.2. The molecule has 0 aliphatic heterocycles. The molecule has 1 amide bonds. The van der Waals surface area contributed by atoms with Gasteiger partial charge in [-0.2, -0.15) is 0 Å². The summed E-state index contributed by atoms with van der Waals surface area (Å²) in [5, 5.41) is 11.0. The Labute approximate surface area is 92.1 Å². The van der Waals surface area contributed by atoms with Crippen LogP contribution in [0.3, 0.4) is 0 Å². The quantitative estimate of drug-likeness (QED) is 0.817. The Bertz CT molecular complexity index is 429. The van der Waals surface area contributed by atoms with Crippen molar-refractivity contribution >= 4 is 11.9 Å². The molecule has 1 aromatic carbocycles. The van der Waals surface area contributed by atoms with E-state index in [9.17, 15) is 14.0 Å². The Hall–Kier alpha value is -1.91. The van der Waals surface area contributed by atoms with Crippen molar-refractivity contribution in [1.82, 2.24) is 5.32 Å². The fourth-order valence-corrected chi connectivity index (χ4v) is 1.05. The Morgan fingerprint density at radius 2 is 1.88 bits per heavy atom. The maximum atomic E-state index is 13.2. The normalized spacial score (nSPS) is 10.9. The lowest BCUT2D eigenvalue weighted by molar-refractivity contribution is -0.143. The lowest BCUT2D eigenvalue weighted by atomic mass is 10.1. The van der Waals surface area contributed by atoms with Gasteiger partial charge in [0, 0.05) is 0 Å². The van der Waals surface area contributed by atoms with E-state index >= 15 is 0 Å². The highest BCUT2D eigenvalue weighted by Crippen LogP contribution is 2.09. The average Bonchev–Trinajstić information content (AvgIpc) is 2.17. The van der Waals surface area contributed by atoms with Gasteiger partial charge in [0.25, 0.3) is 5.91 Å². The first-order valence-electron chi connectivity index (χ1n) is 4.65. The van der Waals surface area contributed by atoms with Gasteiger partial charge < -0.3 is 10.4 Å². The van der Waals surface area contributed by atoms with Crippen LogP contribution in [0.5, 0.6) is 0 Å². The van der Waals surface area contributed by atoms with E-state index in [4.69, 9.17) is 5.11 Å². The van der Waals surface area contributed by atoms with E-state index in [1.54, 1.807) is 0 Å². The van der Waals surface area contributed by atoms with Crippen molar-refractivity contribution < 1.29 is 19.1 Å². The first kappa shape index (κ1) is 12.2. The molecule has 0 aromatic heterocycles. The molecule has 0 saturated heterocycles. The average molecular weight is 225 g/mol. The minimum Gasteiger partial charge on any atom is -0.480 e. The molecule has 0 spiro atoms. The maximum Gasteiger partial charge on any atom is 0.328 e. The number of carbonyl (C=O) groups excluding carboxylic acids is 1. The van der Waals surface area contributed by atoms with E-state index in [0.29, 0.717) is 0 Å². The van der Waals surface area contributed by atoms with Crippen LogP contribution in [0.4, 0.5) is 4.39 Å². The Morgan fingerprint density at radius 1 is 1.31 bits per heavy atom. The summed E-state index contributed by atoms with van der Waals surface area (Å²) >= 11 is 0. The van der Waals surface area contributed by atoms with Crippen molar-refractivity contribution in [3.8, 4) is 0 Å². The molecule has 2 N–H and O–H groups in total. The van der Waals surface area contributed by atoms with Crippen molar-refractivity contribution in [2.75, 3.05) is 0 Å². The number of aliphatic carboxylic acids is 1. The Morgan fingerprint density at radius 3 is 2.38 bits per heavy atom. The molecular formula is C11H12FNO3. The molecule has 0 bridgehead atoms. The van der Waals surface area contributed by atoms with Crippen molar-refractivity contribution in [3.63, 3.8) is 0 Å². The zero-order valence-electron chi connectivity index (χ0n) is 8.95. The summed E-state index contributed by atoms with van der Waals surface area (Å²) in [5.74, 6) is -2.61. The van der Waals surface area contributed by atoms with Crippen LogP contribution in [0.25, 0.3) is 0 Å². The number of carbonyl (C=O) groups is 2. The first-order chi connectivity index (χ1) is 7.34. The smallest absolute Gasteiger partial charge is 0.328 e. The molecular weight excluding hydrogens is 213 g/mol. The molecule has 0 fully saturated rings. The van der Waals surface area contributed by atoms with E-state index in [2.05, 4.69) is 5.32 Å². The second-order valence-electron chi connectivity index (χ2n) is 3.86. The van der Waals surface area contributed by atoms with Crippen LogP contribution in [-0.4, -0.2) is 22.5 Å². The van der Waals surface area contributed by atoms with Crippen LogP contribution in [-0.2, 0) is 4.79 Å². The SMILES string of the molecule is CC(C)(NC(=O)c1ccccc1F)C(=O)O. The number of carboxylic acids is 1. The van der Waals surface area contributed by atoms with Gasteiger partial charge in [-0.25, -0.2) is 9.18 Å². The summed E-state index contributed by atoms with van der Waals surface area (Å²) in [7, 11) is 0. The third kappa shape index (κ3) is 2.56. The fourth-order valence-electron chi connectivity index (χ4n) is 1.05. The predicted molar refractivity (Wildman–Crippen MR) is 55.6 cm³/mol. The highest BCUT2D eigenvalue weighted by molar-refractivity contribution is 5.97. The molecule has 0 aliphatic carbocycles. The van der Waals surface area contributed by atoms with Gasteiger partial charge >= 0.3 is 5.97 Å². The fraction of sp³-hybridized carbons (Fsp3) is 0.273. The van der Waals surface area contributed by atoms with Crippen LogP contribution in [0.2, 0.25) is 0 Å². The molecule has 0 atom stereocenters. The van der Waals surface area contributed by atoms with Gasteiger partial charge in [-0.1, -0.05) is 12.1 Å². The molecule has 0 aliphatic rings. The van der Waals surface area contributed by atoms with Crippen LogP contribution in [0, 0.1) is 5.82 Å². The van der Waals surface area contributed by atoms with E-state index < -0.39 is 23.2 Å². The van der Waals surface area contributed by atoms with E-state index in [1.165, 1.54) is 32.0 Å². The van der Waals surface area contributed by atoms with E-state index in [-0.39, 0.29) is 5.56 Å². The summed E-state index contributed by atoms with van der Waals surface area (Å²) in [5.41, 5.74) is -1.60. The predicted octanol–water partition coefficient (Wildman–Crippen LogP) is 1.42. The molecule has 0 saturated carbocycles. The zero-order chi connectivity index (χ0) is 12.3. The number of nitrogens with one attached hydrogen (secondary N) is 1. The lowest BCUT2D eigenvalue weighted by Crippen LogP contribution is -2.49. The second kappa shape index (κ2) is 4.30. The molecule has 4 nitrogen and oxygen atoms in total. The Kier molecular flexibility index (Phi) is 3.27. The monoisotopic (exact) mass is 225 g/mol. The van der Waals surface area contributed by atoms with Gasteiger partial charge in [0.15, 0.2) is 0 Å². The summed E-state index contributed by atoms with van der Waals surface area (Å²) in [6.45, 7) is 2.65. The number of halogens is 1. The molecule has 86 valence electrons. The highest BCUT2D eigenvalue weighted by atomic mass is 19.1. The third-order valence-electron chi connectivity index (χ3n) is 2.08. The largest absolute Gasteiger partial charge is 0.480 e.